The predicted molar refractivity (Wildman–Crippen MR) is 81.8 cm³/mol. The summed E-state index contributed by atoms with van der Waals surface area (Å²) in [6, 6.07) is 13.7. The number of nitrogens with zero attached hydrogens (tertiary/aromatic N) is 1. The van der Waals surface area contributed by atoms with Crippen LogP contribution in [-0.2, 0) is 9.59 Å². The van der Waals surface area contributed by atoms with Crippen molar-refractivity contribution < 1.29 is 14.3 Å². The molecule has 0 N–H and O–H groups in total. The van der Waals surface area contributed by atoms with Gasteiger partial charge < -0.3 is 4.74 Å². The van der Waals surface area contributed by atoms with Gasteiger partial charge in [-0.05, 0) is 48.5 Å². The second-order valence-electron chi connectivity index (χ2n) is 4.42. The van der Waals surface area contributed by atoms with Gasteiger partial charge in [-0.2, -0.15) is 0 Å². The smallest absolute Gasteiger partial charge is 0.230 e. The van der Waals surface area contributed by atoms with E-state index in [0.29, 0.717) is 22.2 Å². The van der Waals surface area contributed by atoms with Gasteiger partial charge in [0.2, 0.25) is 11.8 Å². The van der Waals surface area contributed by atoms with E-state index < -0.39 is 0 Å². The Labute approximate surface area is 127 Å². The summed E-state index contributed by atoms with van der Waals surface area (Å²) in [5.41, 5.74) is 0.512. The van der Waals surface area contributed by atoms with Gasteiger partial charge in [-0.1, -0.05) is 11.6 Å². The van der Waals surface area contributed by atoms with Gasteiger partial charge >= 0.3 is 0 Å². The van der Waals surface area contributed by atoms with Crippen LogP contribution in [0.4, 0.5) is 5.69 Å². The molecule has 0 radical (unpaired) electrons. The van der Waals surface area contributed by atoms with Crippen LogP contribution in [0.15, 0.2) is 48.5 Å². The lowest BCUT2D eigenvalue weighted by Gasteiger charge is -2.17. The molecule has 0 bridgehead atoms. The molecule has 2 rings (SSSR count). The third-order valence-corrected chi connectivity index (χ3v) is 3.03. The largest absolute Gasteiger partial charge is 0.457 e. The van der Waals surface area contributed by atoms with Crippen molar-refractivity contribution in [3.05, 3.63) is 53.6 Å². The molecule has 0 heterocycles. The molecule has 0 fully saturated rings. The lowest BCUT2D eigenvalue weighted by molar-refractivity contribution is -0.124. The Hall–Kier alpha value is -2.33. The summed E-state index contributed by atoms with van der Waals surface area (Å²) in [6.07, 6.45) is 0. The number of hydrogen-bond acceptors (Lipinski definition) is 3. The van der Waals surface area contributed by atoms with Crippen LogP contribution in [0.2, 0.25) is 5.02 Å². The van der Waals surface area contributed by atoms with E-state index in [-0.39, 0.29) is 11.8 Å². The highest BCUT2D eigenvalue weighted by atomic mass is 35.5. The van der Waals surface area contributed by atoms with E-state index in [4.69, 9.17) is 16.3 Å². The normalized spacial score (nSPS) is 10.0. The fraction of sp³-hybridized carbons (Fsp3) is 0.125. The van der Waals surface area contributed by atoms with Crippen LogP contribution < -0.4 is 9.64 Å². The number of benzene rings is 2. The van der Waals surface area contributed by atoms with Gasteiger partial charge in [0.05, 0.1) is 5.69 Å². The minimum Gasteiger partial charge on any atom is -0.457 e. The molecule has 0 aliphatic rings. The number of hydrogen-bond donors (Lipinski definition) is 0. The quantitative estimate of drug-likeness (QED) is 0.860. The molecule has 0 saturated heterocycles. The second kappa shape index (κ2) is 6.41. The van der Waals surface area contributed by atoms with Gasteiger partial charge in [0, 0.05) is 18.9 Å². The van der Waals surface area contributed by atoms with E-state index in [1.165, 1.54) is 13.8 Å². The zero-order chi connectivity index (χ0) is 15.4. The van der Waals surface area contributed by atoms with Crippen LogP contribution in [0.5, 0.6) is 11.5 Å². The highest BCUT2D eigenvalue weighted by Gasteiger charge is 2.15. The predicted octanol–water partition coefficient (Wildman–Crippen LogP) is 4.03. The molecule has 0 aliphatic heterocycles. The Morgan fingerprint density at radius 1 is 0.857 bits per heavy atom. The number of carbonyl (C=O) groups excluding carboxylic acids is 2. The van der Waals surface area contributed by atoms with E-state index in [1.807, 2.05) is 0 Å². The standard InChI is InChI=1S/C16H14ClNO3/c1-11(19)18(12(2)20)14-5-9-16(10-6-14)21-15-7-3-13(17)4-8-15/h3-10H,1-2H3. The first-order chi connectivity index (χ1) is 9.97. The summed E-state index contributed by atoms with van der Waals surface area (Å²) in [6.45, 7) is 2.69. The van der Waals surface area contributed by atoms with E-state index in [1.54, 1.807) is 48.5 Å². The van der Waals surface area contributed by atoms with Gasteiger partial charge in [-0.3, -0.25) is 14.5 Å². The zero-order valence-electron chi connectivity index (χ0n) is 11.7. The first-order valence-electron chi connectivity index (χ1n) is 6.32. The Bertz CT molecular complexity index is 636. The Morgan fingerprint density at radius 3 is 1.71 bits per heavy atom. The first kappa shape index (κ1) is 15.1. The molecular weight excluding hydrogens is 290 g/mol. The van der Waals surface area contributed by atoms with Crippen LogP contribution in [0.1, 0.15) is 13.8 Å². The summed E-state index contributed by atoms with van der Waals surface area (Å²) in [5.74, 6) is 0.609. The van der Waals surface area contributed by atoms with Gasteiger partial charge in [-0.15, -0.1) is 0 Å². The SMILES string of the molecule is CC(=O)N(C(C)=O)c1ccc(Oc2ccc(Cl)cc2)cc1. The van der Waals surface area contributed by atoms with Crippen molar-refractivity contribution in [2.75, 3.05) is 4.90 Å². The van der Waals surface area contributed by atoms with E-state index in [9.17, 15) is 9.59 Å². The average Bonchev–Trinajstić information content (AvgIpc) is 2.42. The molecule has 0 saturated carbocycles. The highest BCUT2D eigenvalue weighted by Crippen LogP contribution is 2.25. The van der Waals surface area contributed by atoms with Crippen LogP contribution in [0.3, 0.4) is 0 Å². The van der Waals surface area contributed by atoms with Gasteiger partial charge in [-0.25, -0.2) is 0 Å². The Morgan fingerprint density at radius 2 is 1.29 bits per heavy atom. The third kappa shape index (κ3) is 3.83. The van der Waals surface area contributed by atoms with Crippen LogP contribution in [0.25, 0.3) is 0 Å². The monoisotopic (exact) mass is 303 g/mol. The third-order valence-electron chi connectivity index (χ3n) is 2.77. The molecule has 0 spiro atoms. The van der Waals surface area contributed by atoms with Crippen molar-refractivity contribution in [3.63, 3.8) is 0 Å². The minimum atomic E-state index is -0.325. The van der Waals surface area contributed by atoms with Crippen molar-refractivity contribution in [2.45, 2.75) is 13.8 Å². The molecule has 0 unspecified atom stereocenters. The molecule has 0 aliphatic carbocycles. The van der Waals surface area contributed by atoms with Gasteiger partial charge in [0.1, 0.15) is 11.5 Å². The number of ether oxygens (including phenoxy) is 1. The molecule has 21 heavy (non-hydrogen) atoms. The Kier molecular flexibility index (Phi) is 4.60. The van der Waals surface area contributed by atoms with Crippen molar-refractivity contribution in [1.82, 2.24) is 0 Å². The fourth-order valence-corrected chi connectivity index (χ4v) is 2.01. The highest BCUT2D eigenvalue weighted by molar-refractivity contribution is 6.30. The topological polar surface area (TPSA) is 46.6 Å². The van der Waals surface area contributed by atoms with Crippen LogP contribution in [-0.4, -0.2) is 11.8 Å². The number of imide groups is 1. The molecule has 0 aromatic heterocycles. The second-order valence-corrected chi connectivity index (χ2v) is 4.86. The molecular formula is C16H14ClNO3. The van der Waals surface area contributed by atoms with E-state index in [2.05, 4.69) is 0 Å². The summed E-state index contributed by atoms with van der Waals surface area (Å²) in [4.78, 5) is 24.0. The fourth-order valence-electron chi connectivity index (χ4n) is 1.89. The summed E-state index contributed by atoms with van der Waals surface area (Å²) in [5, 5.41) is 0.635. The summed E-state index contributed by atoms with van der Waals surface area (Å²) in [7, 11) is 0. The van der Waals surface area contributed by atoms with E-state index >= 15 is 0 Å². The maximum absolute atomic E-state index is 11.5. The van der Waals surface area contributed by atoms with Crippen LogP contribution >= 0.6 is 11.6 Å². The summed E-state index contributed by atoms with van der Waals surface area (Å²) >= 11 is 5.80. The lowest BCUT2D eigenvalue weighted by Crippen LogP contribution is -2.32. The van der Waals surface area contributed by atoms with Crippen molar-refractivity contribution in [1.29, 1.82) is 0 Å². The van der Waals surface area contributed by atoms with Gasteiger partial charge in [0.25, 0.3) is 0 Å². The maximum Gasteiger partial charge on any atom is 0.230 e. The van der Waals surface area contributed by atoms with Crippen molar-refractivity contribution in [2.24, 2.45) is 0 Å². The molecule has 0 atom stereocenters. The molecule has 2 aromatic rings. The molecule has 2 amide bonds. The van der Waals surface area contributed by atoms with Gasteiger partial charge in [0.15, 0.2) is 0 Å². The molecule has 5 heteroatoms. The first-order valence-corrected chi connectivity index (χ1v) is 6.70. The number of carbonyl (C=O) groups is 2. The molecule has 4 nitrogen and oxygen atoms in total. The summed E-state index contributed by atoms with van der Waals surface area (Å²) < 4.78 is 5.64. The van der Waals surface area contributed by atoms with Crippen LogP contribution in [0, 0.1) is 0 Å². The number of amides is 2. The molecule has 2 aromatic carbocycles. The number of anilines is 1. The number of halogens is 1. The maximum atomic E-state index is 11.5. The zero-order valence-corrected chi connectivity index (χ0v) is 12.4. The Balaban J connectivity index is 2.16. The average molecular weight is 304 g/mol. The van der Waals surface area contributed by atoms with Crippen molar-refractivity contribution in [3.8, 4) is 11.5 Å². The van der Waals surface area contributed by atoms with E-state index in [0.717, 1.165) is 4.90 Å². The minimum absolute atomic E-state index is 0.325. The van der Waals surface area contributed by atoms with Crippen molar-refractivity contribution >= 4 is 29.1 Å². The lowest BCUT2D eigenvalue weighted by atomic mass is 10.2. The molecule has 108 valence electrons. The number of rotatable bonds is 3.